The maximum absolute atomic E-state index is 11.8. The molecule has 90 valence electrons. The van der Waals surface area contributed by atoms with Crippen molar-refractivity contribution in [2.24, 2.45) is 11.3 Å². The Bertz CT molecular complexity index is 468. The summed E-state index contributed by atoms with van der Waals surface area (Å²) in [5.74, 6) is 0.424. The molecule has 5 nitrogen and oxygen atoms in total. The molecule has 0 heterocycles. The van der Waals surface area contributed by atoms with Crippen molar-refractivity contribution in [2.75, 3.05) is 0 Å². The van der Waals surface area contributed by atoms with Crippen LogP contribution in [0.25, 0.3) is 0 Å². The van der Waals surface area contributed by atoms with Crippen LogP contribution in [0, 0.1) is 21.4 Å². The van der Waals surface area contributed by atoms with Crippen molar-refractivity contribution in [3.05, 3.63) is 34.4 Å². The van der Waals surface area contributed by atoms with Gasteiger partial charge in [0.25, 0.3) is 5.69 Å². The largest absolute Gasteiger partial charge is 0.426 e. The van der Waals surface area contributed by atoms with Crippen LogP contribution in [-0.4, -0.2) is 10.9 Å². The van der Waals surface area contributed by atoms with Crippen molar-refractivity contribution in [2.45, 2.75) is 20.3 Å². The first kappa shape index (κ1) is 11.6. The zero-order chi connectivity index (χ0) is 12.6. The van der Waals surface area contributed by atoms with Crippen molar-refractivity contribution >= 4 is 11.7 Å². The number of carbonyl (C=O) groups is 1. The number of nitrogens with zero attached hydrogens (tertiary/aromatic N) is 1. The van der Waals surface area contributed by atoms with E-state index >= 15 is 0 Å². The molecule has 1 aliphatic carbocycles. The predicted molar refractivity (Wildman–Crippen MR) is 60.6 cm³/mol. The highest BCUT2D eigenvalue weighted by molar-refractivity contribution is 5.82. The van der Waals surface area contributed by atoms with Crippen LogP contribution in [0.3, 0.4) is 0 Å². The molecule has 17 heavy (non-hydrogen) atoms. The van der Waals surface area contributed by atoms with E-state index in [1.165, 1.54) is 24.3 Å². The van der Waals surface area contributed by atoms with Crippen molar-refractivity contribution in [1.29, 1.82) is 0 Å². The van der Waals surface area contributed by atoms with Crippen molar-refractivity contribution in [3.8, 4) is 5.75 Å². The van der Waals surface area contributed by atoms with Crippen molar-refractivity contribution in [3.63, 3.8) is 0 Å². The molecule has 2 rings (SSSR count). The second kappa shape index (κ2) is 3.84. The molecule has 0 saturated heterocycles. The second-order valence-corrected chi connectivity index (χ2v) is 4.66. The minimum Gasteiger partial charge on any atom is -0.426 e. The maximum atomic E-state index is 11.8. The first-order chi connectivity index (χ1) is 7.93. The number of ether oxygens (including phenoxy) is 1. The summed E-state index contributed by atoms with van der Waals surface area (Å²) in [6.45, 7) is 3.86. The van der Waals surface area contributed by atoms with Gasteiger partial charge in [-0.3, -0.25) is 14.9 Å². The minimum atomic E-state index is -0.490. The Morgan fingerprint density at radius 1 is 1.47 bits per heavy atom. The number of benzene rings is 1. The van der Waals surface area contributed by atoms with Gasteiger partial charge < -0.3 is 4.74 Å². The van der Waals surface area contributed by atoms with Crippen LogP contribution in [0.4, 0.5) is 5.69 Å². The molecule has 1 aromatic carbocycles. The molecule has 0 N–H and O–H groups in total. The summed E-state index contributed by atoms with van der Waals surface area (Å²) >= 11 is 0. The smallest absolute Gasteiger partial charge is 0.317 e. The number of carbonyl (C=O) groups excluding carboxylic acids is 1. The summed E-state index contributed by atoms with van der Waals surface area (Å²) < 4.78 is 5.18. The van der Waals surface area contributed by atoms with Gasteiger partial charge in [0.1, 0.15) is 5.75 Å². The predicted octanol–water partition coefficient (Wildman–Crippen LogP) is 2.55. The zero-order valence-corrected chi connectivity index (χ0v) is 9.67. The first-order valence-electron chi connectivity index (χ1n) is 5.40. The monoisotopic (exact) mass is 235 g/mol. The van der Waals surface area contributed by atoms with E-state index in [1.54, 1.807) is 0 Å². The Labute approximate surface area is 98.5 Å². The van der Waals surface area contributed by atoms with Crippen LogP contribution in [0.1, 0.15) is 20.3 Å². The summed E-state index contributed by atoms with van der Waals surface area (Å²) in [5, 5.41) is 10.4. The topological polar surface area (TPSA) is 69.4 Å². The Hall–Kier alpha value is -1.91. The van der Waals surface area contributed by atoms with Crippen molar-refractivity contribution < 1.29 is 14.5 Å². The Kier molecular flexibility index (Phi) is 2.61. The lowest BCUT2D eigenvalue weighted by atomic mass is 10.1. The standard InChI is InChI=1S/C12H13NO4/c1-8-7-12(8,2)11(14)17-10-5-3-9(4-6-10)13(15)16/h3-6,8H,7H2,1-2H3/t8-,12-/m0/s1. The fraction of sp³-hybridized carbons (Fsp3) is 0.417. The summed E-state index contributed by atoms with van der Waals surface area (Å²) in [4.78, 5) is 21.7. The first-order valence-corrected chi connectivity index (χ1v) is 5.40. The van der Waals surface area contributed by atoms with E-state index in [9.17, 15) is 14.9 Å². The number of nitro groups is 1. The molecule has 0 bridgehead atoms. The van der Waals surface area contributed by atoms with Gasteiger partial charge in [0, 0.05) is 12.1 Å². The van der Waals surface area contributed by atoms with Gasteiger partial charge in [-0.05, 0) is 31.4 Å². The van der Waals surface area contributed by atoms with Gasteiger partial charge in [-0.15, -0.1) is 0 Å². The van der Waals surface area contributed by atoms with Crippen LogP contribution < -0.4 is 4.74 Å². The van der Waals surface area contributed by atoms with Crippen LogP contribution >= 0.6 is 0 Å². The van der Waals surface area contributed by atoms with Crippen LogP contribution in [-0.2, 0) is 4.79 Å². The summed E-state index contributed by atoms with van der Waals surface area (Å²) in [7, 11) is 0. The number of hydrogen-bond donors (Lipinski definition) is 0. The quantitative estimate of drug-likeness (QED) is 0.349. The van der Waals surface area contributed by atoms with Gasteiger partial charge in [-0.25, -0.2) is 0 Å². The molecular weight excluding hydrogens is 222 g/mol. The number of hydrogen-bond acceptors (Lipinski definition) is 4. The Morgan fingerprint density at radius 2 is 2.00 bits per heavy atom. The second-order valence-electron chi connectivity index (χ2n) is 4.66. The highest BCUT2D eigenvalue weighted by Gasteiger charge is 2.54. The van der Waals surface area contributed by atoms with Gasteiger partial charge in [0.2, 0.25) is 0 Å². The third-order valence-corrected chi connectivity index (χ3v) is 3.38. The lowest BCUT2D eigenvalue weighted by molar-refractivity contribution is -0.384. The van der Waals surface area contributed by atoms with E-state index in [2.05, 4.69) is 0 Å². The Balaban J connectivity index is 2.05. The van der Waals surface area contributed by atoms with E-state index in [1.807, 2.05) is 13.8 Å². The van der Waals surface area contributed by atoms with Gasteiger partial charge in [0.05, 0.1) is 10.3 Å². The van der Waals surface area contributed by atoms with Crippen LogP contribution in [0.15, 0.2) is 24.3 Å². The van der Waals surface area contributed by atoms with E-state index in [0.717, 1.165) is 6.42 Å². The molecule has 1 fully saturated rings. The fourth-order valence-electron chi connectivity index (χ4n) is 1.72. The third-order valence-electron chi connectivity index (χ3n) is 3.38. The summed E-state index contributed by atoms with van der Waals surface area (Å²) in [6.07, 6.45) is 0.832. The molecule has 2 atom stereocenters. The zero-order valence-electron chi connectivity index (χ0n) is 9.67. The molecule has 0 unspecified atom stereocenters. The van der Waals surface area contributed by atoms with Gasteiger partial charge in [-0.1, -0.05) is 6.92 Å². The fourth-order valence-corrected chi connectivity index (χ4v) is 1.72. The SMILES string of the molecule is C[C@H]1C[C@]1(C)C(=O)Oc1ccc([N+](=O)[O-])cc1. The van der Waals surface area contributed by atoms with E-state index < -0.39 is 4.92 Å². The van der Waals surface area contributed by atoms with Crippen molar-refractivity contribution in [1.82, 2.24) is 0 Å². The van der Waals surface area contributed by atoms with Gasteiger partial charge >= 0.3 is 5.97 Å². The molecule has 1 aliphatic rings. The third kappa shape index (κ3) is 2.13. The number of esters is 1. The van der Waals surface area contributed by atoms with E-state index in [-0.39, 0.29) is 17.1 Å². The van der Waals surface area contributed by atoms with E-state index in [4.69, 9.17) is 4.74 Å². The van der Waals surface area contributed by atoms with Crippen LogP contribution in [0.2, 0.25) is 0 Å². The average molecular weight is 235 g/mol. The molecule has 0 amide bonds. The van der Waals surface area contributed by atoms with Gasteiger partial charge in [0.15, 0.2) is 0 Å². The lowest BCUT2D eigenvalue weighted by Gasteiger charge is -2.09. The average Bonchev–Trinajstić information content (AvgIpc) is 2.89. The number of nitro benzene ring substituents is 1. The Morgan fingerprint density at radius 3 is 2.41 bits per heavy atom. The number of rotatable bonds is 3. The van der Waals surface area contributed by atoms with E-state index in [0.29, 0.717) is 11.7 Å². The minimum absolute atomic E-state index is 0.0178. The highest BCUT2D eigenvalue weighted by Crippen LogP contribution is 2.52. The maximum Gasteiger partial charge on any atom is 0.317 e. The summed E-state index contributed by atoms with van der Waals surface area (Å²) in [6, 6.07) is 5.52. The molecule has 0 radical (unpaired) electrons. The lowest BCUT2D eigenvalue weighted by Crippen LogP contribution is -2.20. The molecule has 5 heteroatoms. The molecule has 0 aromatic heterocycles. The molecule has 0 aliphatic heterocycles. The summed E-state index contributed by atoms with van der Waals surface area (Å²) in [5.41, 5.74) is -0.405. The number of non-ortho nitro benzene ring substituents is 1. The molecule has 0 spiro atoms. The van der Waals surface area contributed by atoms with Gasteiger partial charge in [-0.2, -0.15) is 0 Å². The highest BCUT2D eigenvalue weighted by atomic mass is 16.6. The molecular formula is C12H13NO4. The van der Waals surface area contributed by atoms with Crippen LogP contribution in [0.5, 0.6) is 5.75 Å². The normalized spacial score (nSPS) is 26.4. The molecule has 1 aromatic rings. The molecule has 1 saturated carbocycles.